The van der Waals surface area contributed by atoms with Crippen molar-refractivity contribution in [2.45, 2.75) is 13.1 Å². The second-order valence-electron chi connectivity index (χ2n) is 6.32. The number of fused-ring (bicyclic) bond motifs is 1. The van der Waals surface area contributed by atoms with Crippen molar-refractivity contribution in [1.29, 1.82) is 0 Å². The van der Waals surface area contributed by atoms with Gasteiger partial charge in [0.15, 0.2) is 0 Å². The van der Waals surface area contributed by atoms with E-state index in [1.807, 2.05) is 36.6 Å². The Hall–Kier alpha value is -2.84. The standard InChI is InChI=1S/C21H15ClF3N3OS/c1-2-29-14-6-3-12(4-7-14)15-10-30-20-18(15)19(26-11-27-20)28-17-8-5-13(22)9-16(17)21(23,24)25/h3-11H,2H2,1H3,(H,26,27,28). The maximum absolute atomic E-state index is 13.5. The number of nitrogens with one attached hydrogen (secondary N) is 1. The number of alkyl halides is 3. The average molecular weight is 450 g/mol. The lowest BCUT2D eigenvalue weighted by Crippen LogP contribution is -2.09. The molecular weight excluding hydrogens is 435 g/mol. The third-order valence-electron chi connectivity index (χ3n) is 4.39. The Bertz CT molecular complexity index is 1190. The van der Waals surface area contributed by atoms with E-state index >= 15 is 0 Å². The predicted molar refractivity (Wildman–Crippen MR) is 114 cm³/mol. The van der Waals surface area contributed by atoms with Gasteiger partial charge in [0, 0.05) is 16.0 Å². The Morgan fingerprint density at radius 3 is 2.57 bits per heavy atom. The first-order valence-electron chi connectivity index (χ1n) is 8.96. The van der Waals surface area contributed by atoms with Crippen molar-refractivity contribution in [3.63, 3.8) is 0 Å². The molecule has 9 heteroatoms. The van der Waals surface area contributed by atoms with E-state index in [0.717, 1.165) is 22.9 Å². The minimum absolute atomic E-state index is 0.00585. The summed E-state index contributed by atoms with van der Waals surface area (Å²) >= 11 is 7.18. The highest BCUT2D eigenvalue weighted by Crippen LogP contribution is 2.41. The number of aromatic nitrogens is 2. The smallest absolute Gasteiger partial charge is 0.418 e. The zero-order valence-corrected chi connectivity index (χ0v) is 17.2. The molecule has 0 aliphatic heterocycles. The number of anilines is 2. The molecule has 4 nitrogen and oxygen atoms in total. The van der Waals surface area contributed by atoms with E-state index in [4.69, 9.17) is 16.3 Å². The number of nitrogens with zero attached hydrogens (tertiary/aromatic N) is 2. The Balaban J connectivity index is 1.79. The molecule has 0 amide bonds. The molecule has 0 spiro atoms. The van der Waals surface area contributed by atoms with Crippen LogP contribution in [-0.2, 0) is 6.18 Å². The lowest BCUT2D eigenvalue weighted by molar-refractivity contribution is -0.136. The van der Waals surface area contributed by atoms with Gasteiger partial charge in [-0.3, -0.25) is 0 Å². The largest absolute Gasteiger partial charge is 0.494 e. The van der Waals surface area contributed by atoms with Gasteiger partial charge < -0.3 is 10.1 Å². The van der Waals surface area contributed by atoms with Crippen LogP contribution < -0.4 is 10.1 Å². The molecule has 2 aromatic carbocycles. The molecule has 0 bridgehead atoms. The van der Waals surface area contributed by atoms with Crippen molar-refractivity contribution in [3.8, 4) is 16.9 Å². The van der Waals surface area contributed by atoms with Gasteiger partial charge in [-0.1, -0.05) is 23.7 Å². The molecule has 2 heterocycles. The van der Waals surface area contributed by atoms with E-state index in [1.165, 1.54) is 29.8 Å². The molecule has 0 atom stereocenters. The minimum Gasteiger partial charge on any atom is -0.494 e. The van der Waals surface area contributed by atoms with Gasteiger partial charge in [0.1, 0.15) is 22.7 Å². The van der Waals surface area contributed by atoms with Crippen LogP contribution in [0.5, 0.6) is 5.75 Å². The summed E-state index contributed by atoms with van der Waals surface area (Å²) in [5.74, 6) is 1.03. The fourth-order valence-corrected chi connectivity index (χ4v) is 4.16. The van der Waals surface area contributed by atoms with Crippen LogP contribution >= 0.6 is 22.9 Å². The van der Waals surface area contributed by atoms with Gasteiger partial charge in [0.2, 0.25) is 0 Å². The Morgan fingerprint density at radius 1 is 1.10 bits per heavy atom. The number of rotatable bonds is 5. The van der Waals surface area contributed by atoms with Crippen LogP contribution in [0.4, 0.5) is 24.7 Å². The summed E-state index contributed by atoms with van der Waals surface area (Å²) in [7, 11) is 0. The molecule has 0 saturated heterocycles. The number of halogens is 4. The van der Waals surface area contributed by atoms with Gasteiger partial charge in [-0.2, -0.15) is 13.2 Å². The van der Waals surface area contributed by atoms with Crippen LogP contribution in [0, 0.1) is 0 Å². The third-order valence-corrected chi connectivity index (χ3v) is 5.51. The maximum Gasteiger partial charge on any atom is 0.418 e. The maximum atomic E-state index is 13.5. The summed E-state index contributed by atoms with van der Waals surface area (Å²) in [6.45, 7) is 2.47. The summed E-state index contributed by atoms with van der Waals surface area (Å²) in [4.78, 5) is 9.14. The summed E-state index contributed by atoms with van der Waals surface area (Å²) < 4.78 is 45.9. The van der Waals surface area contributed by atoms with E-state index in [0.29, 0.717) is 16.8 Å². The number of hydrogen-bond donors (Lipinski definition) is 1. The topological polar surface area (TPSA) is 47.0 Å². The lowest BCUT2D eigenvalue weighted by atomic mass is 10.1. The van der Waals surface area contributed by atoms with Crippen molar-refractivity contribution in [2.24, 2.45) is 0 Å². The zero-order chi connectivity index (χ0) is 21.3. The average Bonchev–Trinajstić information content (AvgIpc) is 3.15. The second-order valence-corrected chi connectivity index (χ2v) is 7.62. The first-order chi connectivity index (χ1) is 14.4. The van der Waals surface area contributed by atoms with Crippen molar-refractivity contribution in [1.82, 2.24) is 9.97 Å². The molecule has 0 unspecified atom stereocenters. The van der Waals surface area contributed by atoms with Crippen LogP contribution in [0.2, 0.25) is 5.02 Å². The van der Waals surface area contributed by atoms with Crippen LogP contribution in [0.15, 0.2) is 54.2 Å². The third kappa shape index (κ3) is 4.06. The second kappa shape index (κ2) is 8.12. The monoisotopic (exact) mass is 449 g/mol. The summed E-state index contributed by atoms with van der Waals surface area (Å²) in [6.07, 6.45) is -3.24. The van der Waals surface area contributed by atoms with Crippen molar-refractivity contribution in [3.05, 3.63) is 64.8 Å². The van der Waals surface area contributed by atoms with Gasteiger partial charge in [-0.15, -0.1) is 11.3 Å². The van der Waals surface area contributed by atoms with Gasteiger partial charge in [0.05, 0.1) is 23.2 Å². The Morgan fingerprint density at radius 2 is 1.87 bits per heavy atom. The number of ether oxygens (including phenoxy) is 1. The molecule has 1 N–H and O–H groups in total. The molecule has 4 aromatic rings. The van der Waals surface area contributed by atoms with Crippen LogP contribution in [-0.4, -0.2) is 16.6 Å². The molecule has 0 saturated carbocycles. The molecule has 2 aromatic heterocycles. The summed E-state index contributed by atoms with van der Waals surface area (Å²) in [5, 5.41) is 5.39. The van der Waals surface area contributed by atoms with E-state index in [9.17, 15) is 13.2 Å². The van der Waals surface area contributed by atoms with Crippen molar-refractivity contribution < 1.29 is 17.9 Å². The molecule has 154 valence electrons. The molecule has 30 heavy (non-hydrogen) atoms. The quantitative estimate of drug-likeness (QED) is 0.350. The SMILES string of the molecule is CCOc1ccc(-c2csc3ncnc(Nc4ccc(Cl)cc4C(F)(F)F)c23)cc1. The Labute approximate surface area is 179 Å². The fraction of sp³-hybridized carbons (Fsp3) is 0.143. The van der Waals surface area contributed by atoms with E-state index in [-0.39, 0.29) is 16.5 Å². The summed E-state index contributed by atoms with van der Waals surface area (Å²) in [5.41, 5.74) is 0.716. The van der Waals surface area contributed by atoms with Crippen molar-refractivity contribution >= 4 is 44.7 Å². The first-order valence-corrected chi connectivity index (χ1v) is 10.2. The van der Waals surface area contributed by atoms with Gasteiger partial charge >= 0.3 is 6.18 Å². The normalized spacial score (nSPS) is 11.6. The molecule has 0 fully saturated rings. The Kier molecular flexibility index (Phi) is 5.53. The van der Waals surface area contributed by atoms with Gasteiger partial charge in [-0.25, -0.2) is 9.97 Å². The summed E-state index contributed by atoms with van der Waals surface area (Å²) in [6, 6.07) is 11.1. The van der Waals surface area contributed by atoms with E-state index in [2.05, 4.69) is 15.3 Å². The minimum atomic E-state index is -4.56. The van der Waals surface area contributed by atoms with Crippen LogP contribution in [0.25, 0.3) is 21.3 Å². The van der Waals surface area contributed by atoms with Gasteiger partial charge in [-0.05, 0) is 42.8 Å². The molecular formula is C21H15ClF3N3OS. The zero-order valence-electron chi connectivity index (χ0n) is 15.6. The highest BCUT2D eigenvalue weighted by molar-refractivity contribution is 7.17. The lowest BCUT2D eigenvalue weighted by Gasteiger charge is -2.15. The van der Waals surface area contributed by atoms with E-state index < -0.39 is 11.7 Å². The number of thiophene rings is 1. The molecule has 0 aliphatic carbocycles. The molecule has 4 rings (SSSR count). The highest BCUT2D eigenvalue weighted by Gasteiger charge is 2.34. The number of benzene rings is 2. The number of hydrogen-bond acceptors (Lipinski definition) is 5. The fourth-order valence-electron chi connectivity index (χ4n) is 3.07. The predicted octanol–water partition coefficient (Wildman–Crippen LogP) is 7.17. The first kappa shape index (κ1) is 20.4. The van der Waals surface area contributed by atoms with Crippen LogP contribution in [0.3, 0.4) is 0 Å². The van der Waals surface area contributed by atoms with Crippen molar-refractivity contribution in [2.75, 3.05) is 11.9 Å². The van der Waals surface area contributed by atoms with E-state index in [1.54, 1.807) is 0 Å². The molecule has 0 aliphatic rings. The van der Waals surface area contributed by atoms with Gasteiger partial charge in [0.25, 0.3) is 0 Å². The van der Waals surface area contributed by atoms with Crippen LogP contribution in [0.1, 0.15) is 12.5 Å². The highest BCUT2D eigenvalue weighted by atomic mass is 35.5. The molecule has 0 radical (unpaired) electrons.